The van der Waals surface area contributed by atoms with Gasteiger partial charge in [0.15, 0.2) is 0 Å². The van der Waals surface area contributed by atoms with E-state index in [1.165, 1.54) is 4.68 Å². The number of methoxy groups -OCH3 is 1. The second-order valence-electron chi connectivity index (χ2n) is 8.47. The molecule has 0 unspecified atom stereocenters. The van der Waals surface area contributed by atoms with Crippen molar-refractivity contribution >= 4 is 21.6 Å². The Balaban J connectivity index is 1.94. The summed E-state index contributed by atoms with van der Waals surface area (Å²) >= 11 is 0. The first-order chi connectivity index (χ1) is 16.1. The standard InChI is InChI=1S/C25H32N4O4S/c1-17(2)20-11-13-22(14-12-20)29(34(31,32)25-18(3)27-28(5)19(25)4)16-24(30)26-15-21-9-7-8-10-23(21)33-6/h7-14,17H,15-16H2,1-6H3,(H,26,30). The number of aryl methyl sites for hydroxylation is 2. The van der Waals surface area contributed by atoms with Crippen LogP contribution in [0.2, 0.25) is 0 Å². The van der Waals surface area contributed by atoms with E-state index in [-0.39, 0.29) is 18.0 Å². The number of ether oxygens (including phenoxy) is 1. The number of benzene rings is 2. The lowest BCUT2D eigenvalue weighted by Crippen LogP contribution is -2.41. The summed E-state index contributed by atoms with van der Waals surface area (Å²) in [5.41, 5.74) is 3.19. The van der Waals surface area contributed by atoms with E-state index in [1.54, 1.807) is 40.1 Å². The predicted molar refractivity (Wildman–Crippen MR) is 133 cm³/mol. The van der Waals surface area contributed by atoms with Gasteiger partial charge < -0.3 is 10.1 Å². The number of rotatable bonds is 9. The minimum atomic E-state index is -4.05. The number of nitrogens with one attached hydrogen (secondary N) is 1. The molecule has 0 radical (unpaired) electrons. The highest BCUT2D eigenvalue weighted by Gasteiger charge is 2.32. The minimum absolute atomic E-state index is 0.112. The largest absolute Gasteiger partial charge is 0.496 e. The van der Waals surface area contributed by atoms with Crippen molar-refractivity contribution in [2.75, 3.05) is 18.0 Å². The zero-order chi connectivity index (χ0) is 25.0. The van der Waals surface area contributed by atoms with Gasteiger partial charge in [0.1, 0.15) is 17.2 Å². The molecule has 0 atom stereocenters. The number of carbonyl (C=O) groups is 1. The maximum Gasteiger partial charge on any atom is 0.268 e. The van der Waals surface area contributed by atoms with Crippen LogP contribution in [0.3, 0.4) is 0 Å². The Bertz CT molecular complexity index is 1260. The Morgan fingerprint density at radius 1 is 1.12 bits per heavy atom. The number of hydrogen-bond donors (Lipinski definition) is 1. The second-order valence-corrected chi connectivity index (χ2v) is 10.3. The van der Waals surface area contributed by atoms with Gasteiger partial charge in [0.25, 0.3) is 10.0 Å². The normalized spacial score (nSPS) is 11.5. The maximum absolute atomic E-state index is 13.8. The molecule has 0 fully saturated rings. The highest BCUT2D eigenvalue weighted by Crippen LogP contribution is 2.29. The maximum atomic E-state index is 13.8. The Morgan fingerprint density at radius 3 is 2.32 bits per heavy atom. The summed E-state index contributed by atoms with van der Waals surface area (Å²) in [4.78, 5) is 13.1. The zero-order valence-electron chi connectivity index (χ0n) is 20.5. The SMILES string of the molecule is COc1ccccc1CNC(=O)CN(c1ccc(C(C)C)cc1)S(=O)(=O)c1c(C)nn(C)c1C. The van der Waals surface area contributed by atoms with E-state index in [0.717, 1.165) is 15.4 Å². The van der Waals surface area contributed by atoms with Gasteiger partial charge in [-0.25, -0.2) is 8.42 Å². The lowest BCUT2D eigenvalue weighted by Gasteiger charge is -2.25. The predicted octanol–water partition coefficient (Wildman–Crippen LogP) is 3.68. The van der Waals surface area contributed by atoms with Gasteiger partial charge in [-0.15, -0.1) is 0 Å². The van der Waals surface area contributed by atoms with Crippen LogP contribution >= 0.6 is 0 Å². The van der Waals surface area contributed by atoms with Gasteiger partial charge in [0.05, 0.1) is 24.2 Å². The summed E-state index contributed by atoms with van der Waals surface area (Å²) in [6, 6.07) is 14.6. The molecule has 0 aliphatic rings. The van der Waals surface area contributed by atoms with Gasteiger partial charge in [-0.2, -0.15) is 5.10 Å². The van der Waals surface area contributed by atoms with Crippen molar-refractivity contribution in [1.82, 2.24) is 15.1 Å². The average Bonchev–Trinajstić information content (AvgIpc) is 3.07. The van der Waals surface area contributed by atoms with E-state index in [2.05, 4.69) is 24.3 Å². The van der Waals surface area contributed by atoms with Crippen LogP contribution in [0.5, 0.6) is 5.75 Å². The van der Waals surface area contributed by atoms with Crippen molar-refractivity contribution in [3.8, 4) is 5.75 Å². The monoisotopic (exact) mass is 484 g/mol. The molecule has 1 amide bonds. The minimum Gasteiger partial charge on any atom is -0.496 e. The molecular weight excluding hydrogens is 452 g/mol. The molecule has 2 aromatic carbocycles. The van der Waals surface area contributed by atoms with Crippen LogP contribution in [0.1, 0.15) is 42.3 Å². The summed E-state index contributed by atoms with van der Waals surface area (Å²) in [6.07, 6.45) is 0. The van der Waals surface area contributed by atoms with Crippen LogP contribution < -0.4 is 14.4 Å². The van der Waals surface area contributed by atoms with Crippen molar-refractivity contribution in [3.63, 3.8) is 0 Å². The smallest absolute Gasteiger partial charge is 0.268 e. The Hall–Kier alpha value is -3.33. The molecule has 0 saturated heterocycles. The van der Waals surface area contributed by atoms with E-state index in [9.17, 15) is 13.2 Å². The first kappa shape index (κ1) is 25.3. The first-order valence-corrected chi connectivity index (χ1v) is 12.5. The summed E-state index contributed by atoms with van der Waals surface area (Å²) in [7, 11) is -0.793. The van der Waals surface area contributed by atoms with E-state index in [1.807, 2.05) is 36.4 Å². The van der Waals surface area contributed by atoms with E-state index in [0.29, 0.717) is 28.7 Å². The molecule has 0 aliphatic heterocycles. The van der Waals surface area contributed by atoms with Gasteiger partial charge in [0.2, 0.25) is 5.91 Å². The molecule has 182 valence electrons. The van der Waals surface area contributed by atoms with Gasteiger partial charge in [-0.1, -0.05) is 44.2 Å². The van der Waals surface area contributed by atoms with Crippen molar-refractivity contribution < 1.29 is 17.9 Å². The molecule has 3 rings (SSSR count). The fourth-order valence-corrected chi connectivity index (χ4v) is 5.63. The molecule has 1 aromatic heterocycles. The zero-order valence-corrected chi connectivity index (χ0v) is 21.3. The highest BCUT2D eigenvalue weighted by atomic mass is 32.2. The molecule has 1 heterocycles. The van der Waals surface area contributed by atoms with Crippen molar-refractivity contribution in [2.45, 2.75) is 45.1 Å². The third-order valence-corrected chi connectivity index (χ3v) is 7.82. The number of anilines is 1. The Kier molecular flexibility index (Phi) is 7.66. The van der Waals surface area contributed by atoms with Crippen LogP contribution in [0.4, 0.5) is 5.69 Å². The molecule has 0 spiro atoms. The van der Waals surface area contributed by atoms with Gasteiger partial charge in [-0.3, -0.25) is 13.8 Å². The first-order valence-electron chi connectivity index (χ1n) is 11.1. The average molecular weight is 485 g/mol. The summed E-state index contributed by atoms with van der Waals surface area (Å²) in [6.45, 7) is 7.34. The summed E-state index contributed by atoms with van der Waals surface area (Å²) in [5, 5.41) is 7.08. The number of nitrogens with zero attached hydrogens (tertiary/aromatic N) is 3. The quantitative estimate of drug-likeness (QED) is 0.500. The van der Waals surface area contributed by atoms with Crippen LogP contribution in [0.15, 0.2) is 53.4 Å². The van der Waals surface area contributed by atoms with E-state index in [4.69, 9.17) is 4.74 Å². The van der Waals surface area contributed by atoms with Gasteiger partial charge in [-0.05, 0) is 43.5 Å². The fraction of sp³-hybridized carbons (Fsp3) is 0.360. The Labute approximate surface area is 201 Å². The molecular formula is C25H32N4O4S. The van der Waals surface area contributed by atoms with E-state index < -0.39 is 15.9 Å². The van der Waals surface area contributed by atoms with E-state index >= 15 is 0 Å². The molecule has 0 aliphatic carbocycles. The molecule has 1 N–H and O–H groups in total. The number of amides is 1. The molecule has 8 nitrogen and oxygen atoms in total. The van der Waals surface area contributed by atoms with Gasteiger partial charge in [0, 0.05) is 19.2 Å². The topological polar surface area (TPSA) is 93.5 Å². The number of hydrogen-bond acceptors (Lipinski definition) is 5. The van der Waals surface area contributed by atoms with Crippen LogP contribution in [0.25, 0.3) is 0 Å². The molecule has 0 bridgehead atoms. The van der Waals surface area contributed by atoms with Gasteiger partial charge >= 0.3 is 0 Å². The van der Waals surface area contributed by atoms with Crippen LogP contribution in [-0.4, -0.2) is 37.8 Å². The highest BCUT2D eigenvalue weighted by molar-refractivity contribution is 7.93. The molecule has 3 aromatic rings. The van der Waals surface area contributed by atoms with Crippen molar-refractivity contribution in [3.05, 3.63) is 71.0 Å². The van der Waals surface area contributed by atoms with Crippen LogP contribution in [0, 0.1) is 13.8 Å². The number of sulfonamides is 1. The second kappa shape index (κ2) is 10.3. The van der Waals surface area contributed by atoms with Crippen LogP contribution in [-0.2, 0) is 28.4 Å². The lowest BCUT2D eigenvalue weighted by atomic mass is 10.0. The number of carbonyl (C=O) groups excluding carboxylic acids is 1. The Morgan fingerprint density at radius 2 is 1.76 bits per heavy atom. The third kappa shape index (κ3) is 5.25. The van der Waals surface area contributed by atoms with Crippen molar-refractivity contribution in [1.29, 1.82) is 0 Å². The molecule has 9 heteroatoms. The summed E-state index contributed by atoms with van der Waals surface area (Å²) in [5.74, 6) is 0.519. The van der Waals surface area contributed by atoms with Crippen molar-refractivity contribution in [2.24, 2.45) is 7.05 Å². The summed E-state index contributed by atoms with van der Waals surface area (Å²) < 4.78 is 35.6. The molecule has 0 saturated carbocycles. The fourth-order valence-electron chi connectivity index (χ4n) is 3.81. The molecule has 34 heavy (non-hydrogen) atoms. The number of para-hydroxylation sites is 1. The lowest BCUT2D eigenvalue weighted by molar-refractivity contribution is -0.119. The third-order valence-electron chi connectivity index (χ3n) is 5.79. The number of aromatic nitrogens is 2.